The lowest BCUT2D eigenvalue weighted by atomic mass is 10.1. The molecular formula is C24H28N6O. The molecule has 0 radical (unpaired) electrons. The van der Waals surface area contributed by atoms with Crippen LogP contribution in [0, 0.1) is 0 Å². The number of unbranched alkanes of at least 4 members (excludes halogenated alkanes) is 1. The third-order valence-electron chi connectivity index (χ3n) is 5.29. The Morgan fingerprint density at radius 3 is 2.68 bits per heavy atom. The van der Waals surface area contributed by atoms with E-state index < -0.39 is 0 Å². The predicted octanol–water partition coefficient (Wildman–Crippen LogP) is 4.46. The van der Waals surface area contributed by atoms with Gasteiger partial charge in [0.2, 0.25) is 0 Å². The summed E-state index contributed by atoms with van der Waals surface area (Å²) < 4.78 is 3.75. The Bertz CT molecular complexity index is 1110. The molecule has 0 bridgehead atoms. The minimum absolute atomic E-state index is 0.143. The molecule has 0 aliphatic rings. The largest absolute Gasteiger partial charge is 0.372 e. The van der Waals surface area contributed by atoms with Crippen LogP contribution in [0.25, 0.3) is 5.65 Å². The lowest BCUT2D eigenvalue weighted by molar-refractivity contribution is 0.102. The predicted molar refractivity (Wildman–Crippen MR) is 124 cm³/mol. The minimum atomic E-state index is -0.143. The molecule has 0 fully saturated rings. The molecule has 4 rings (SSSR count). The number of anilines is 2. The number of rotatable bonds is 9. The molecule has 7 nitrogen and oxygen atoms in total. The summed E-state index contributed by atoms with van der Waals surface area (Å²) in [6.45, 7) is 6.87. The van der Waals surface area contributed by atoms with E-state index in [-0.39, 0.29) is 5.91 Å². The van der Waals surface area contributed by atoms with Gasteiger partial charge in [0.15, 0.2) is 0 Å². The van der Waals surface area contributed by atoms with Crippen LogP contribution in [0.2, 0.25) is 0 Å². The van der Waals surface area contributed by atoms with Gasteiger partial charge in [0.1, 0.15) is 5.65 Å². The van der Waals surface area contributed by atoms with E-state index in [4.69, 9.17) is 0 Å². The fourth-order valence-electron chi connectivity index (χ4n) is 3.59. The van der Waals surface area contributed by atoms with E-state index in [1.807, 2.05) is 65.5 Å². The van der Waals surface area contributed by atoms with Crippen LogP contribution in [0.1, 0.15) is 42.7 Å². The summed E-state index contributed by atoms with van der Waals surface area (Å²) >= 11 is 0. The third kappa shape index (κ3) is 4.94. The first-order chi connectivity index (χ1) is 15.2. The van der Waals surface area contributed by atoms with Gasteiger partial charge in [-0.05, 0) is 49.7 Å². The van der Waals surface area contributed by atoms with E-state index in [2.05, 4.69) is 34.1 Å². The molecular weight excluding hydrogens is 388 g/mol. The van der Waals surface area contributed by atoms with E-state index in [0.717, 1.165) is 36.5 Å². The average Bonchev–Trinajstić information content (AvgIpc) is 3.40. The number of carbonyl (C=O) groups is 1. The molecule has 31 heavy (non-hydrogen) atoms. The Morgan fingerprint density at radius 2 is 1.94 bits per heavy atom. The minimum Gasteiger partial charge on any atom is -0.372 e. The molecule has 0 aliphatic carbocycles. The Kier molecular flexibility index (Phi) is 6.31. The standard InChI is InChI=1S/C24H28N6O/c1-3-5-13-28(4-2)22-11-9-19(10-12-22)24(31)27-20-15-25-30(17-20)18-21-16-29-14-7-6-8-23(29)26-21/h6-12,14-17H,3-5,13,18H2,1-2H3,(H,27,31). The van der Waals surface area contributed by atoms with Gasteiger partial charge in [0.25, 0.3) is 5.91 Å². The van der Waals surface area contributed by atoms with Crippen molar-refractivity contribution in [1.82, 2.24) is 19.2 Å². The molecule has 0 saturated heterocycles. The van der Waals surface area contributed by atoms with E-state index in [1.54, 1.807) is 10.9 Å². The summed E-state index contributed by atoms with van der Waals surface area (Å²) in [6.07, 6.45) is 9.76. The highest BCUT2D eigenvalue weighted by atomic mass is 16.1. The van der Waals surface area contributed by atoms with Gasteiger partial charge in [-0.15, -0.1) is 0 Å². The molecule has 1 amide bonds. The SMILES string of the molecule is CCCCN(CC)c1ccc(C(=O)Nc2cnn(Cc3cn4ccccc4n3)c2)cc1. The molecule has 0 spiro atoms. The second-order valence-corrected chi connectivity index (χ2v) is 7.56. The normalized spacial score (nSPS) is 11.0. The molecule has 3 aromatic heterocycles. The Labute approximate surface area is 182 Å². The fourth-order valence-corrected chi connectivity index (χ4v) is 3.59. The fraction of sp³-hybridized carbons (Fsp3) is 0.292. The summed E-state index contributed by atoms with van der Waals surface area (Å²) in [7, 11) is 0. The van der Waals surface area contributed by atoms with Gasteiger partial charge in [-0.2, -0.15) is 5.10 Å². The highest BCUT2D eigenvalue weighted by molar-refractivity contribution is 6.04. The van der Waals surface area contributed by atoms with Crippen molar-refractivity contribution in [2.75, 3.05) is 23.3 Å². The van der Waals surface area contributed by atoms with Crippen molar-refractivity contribution in [1.29, 1.82) is 0 Å². The third-order valence-corrected chi connectivity index (χ3v) is 5.29. The summed E-state index contributed by atoms with van der Waals surface area (Å²) in [6, 6.07) is 13.7. The number of aromatic nitrogens is 4. The summed E-state index contributed by atoms with van der Waals surface area (Å²) in [5, 5.41) is 7.28. The smallest absolute Gasteiger partial charge is 0.255 e. The average molecular weight is 417 g/mol. The van der Waals surface area contributed by atoms with Gasteiger partial charge in [0.05, 0.1) is 24.1 Å². The number of hydrogen-bond donors (Lipinski definition) is 1. The van der Waals surface area contributed by atoms with Gasteiger partial charge in [-0.25, -0.2) is 4.98 Å². The van der Waals surface area contributed by atoms with Crippen molar-refractivity contribution in [2.24, 2.45) is 0 Å². The molecule has 160 valence electrons. The molecule has 1 aromatic carbocycles. The summed E-state index contributed by atoms with van der Waals surface area (Å²) in [5.74, 6) is -0.143. The van der Waals surface area contributed by atoms with Crippen LogP contribution in [0.4, 0.5) is 11.4 Å². The number of imidazole rings is 1. The Balaban J connectivity index is 1.38. The zero-order valence-corrected chi connectivity index (χ0v) is 18.0. The van der Waals surface area contributed by atoms with Crippen molar-refractivity contribution >= 4 is 22.9 Å². The first-order valence-electron chi connectivity index (χ1n) is 10.8. The monoisotopic (exact) mass is 416 g/mol. The van der Waals surface area contributed by atoms with Crippen molar-refractivity contribution < 1.29 is 4.79 Å². The van der Waals surface area contributed by atoms with Crippen LogP contribution in [0.3, 0.4) is 0 Å². The first-order valence-corrected chi connectivity index (χ1v) is 10.8. The number of nitrogens with one attached hydrogen (secondary N) is 1. The lowest BCUT2D eigenvalue weighted by Crippen LogP contribution is -2.23. The van der Waals surface area contributed by atoms with E-state index in [9.17, 15) is 4.79 Å². The zero-order chi connectivity index (χ0) is 21.6. The molecule has 0 saturated carbocycles. The molecule has 0 aliphatic heterocycles. The molecule has 3 heterocycles. The summed E-state index contributed by atoms with van der Waals surface area (Å²) in [5.41, 5.74) is 4.25. The van der Waals surface area contributed by atoms with Crippen molar-refractivity contribution in [3.05, 3.63) is 78.5 Å². The zero-order valence-electron chi connectivity index (χ0n) is 18.0. The molecule has 4 aromatic rings. The van der Waals surface area contributed by atoms with Crippen LogP contribution in [0.5, 0.6) is 0 Å². The maximum atomic E-state index is 12.6. The van der Waals surface area contributed by atoms with Crippen molar-refractivity contribution in [3.8, 4) is 0 Å². The van der Waals surface area contributed by atoms with Crippen molar-refractivity contribution in [3.63, 3.8) is 0 Å². The Morgan fingerprint density at radius 1 is 1.10 bits per heavy atom. The van der Waals surface area contributed by atoms with E-state index in [0.29, 0.717) is 17.8 Å². The second-order valence-electron chi connectivity index (χ2n) is 7.56. The van der Waals surface area contributed by atoms with Gasteiger partial charge < -0.3 is 14.6 Å². The molecule has 0 unspecified atom stereocenters. The highest BCUT2D eigenvalue weighted by Crippen LogP contribution is 2.17. The lowest BCUT2D eigenvalue weighted by Gasteiger charge is -2.23. The topological polar surface area (TPSA) is 67.5 Å². The van der Waals surface area contributed by atoms with Crippen molar-refractivity contribution in [2.45, 2.75) is 33.2 Å². The van der Waals surface area contributed by atoms with E-state index >= 15 is 0 Å². The highest BCUT2D eigenvalue weighted by Gasteiger charge is 2.10. The second kappa shape index (κ2) is 9.47. The van der Waals surface area contributed by atoms with Gasteiger partial charge in [-0.3, -0.25) is 9.48 Å². The first kappa shape index (κ1) is 20.7. The number of pyridine rings is 1. The van der Waals surface area contributed by atoms with Crippen LogP contribution in [-0.2, 0) is 6.54 Å². The molecule has 1 N–H and O–H groups in total. The van der Waals surface area contributed by atoms with E-state index in [1.165, 1.54) is 6.42 Å². The van der Waals surface area contributed by atoms with Crippen LogP contribution in [-0.4, -0.2) is 38.2 Å². The molecule has 7 heteroatoms. The number of amides is 1. The number of nitrogens with zero attached hydrogens (tertiary/aromatic N) is 5. The summed E-state index contributed by atoms with van der Waals surface area (Å²) in [4.78, 5) is 19.6. The Hall–Kier alpha value is -3.61. The number of carbonyl (C=O) groups excluding carboxylic acids is 1. The maximum Gasteiger partial charge on any atom is 0.255 e. The number of benzene rings is 1. The molecule has 0 atom stereocenters. The maximum absolute atomic E-state index is 12.6. The van der Waals surface area contributed by atoms with Gasteiger partial charge >= 0.3 is 0 Å². The van der Waals surface area contributed by atoms with Crippen LogP contribution >= 0.6 is 0 Å². The van der Waals surface area contributed by atoms with Crippen LogP contribution in [0.15, 0.2) is 67.3 Å². The van der Waals surface area contributed by atoms with Crippen LogP contribution < -0.4 is 10.2 Å². The number of fused-ring (bicyclic) bond motifs is 1. The quantitative estimate of drug-likeness (QED) is 0.437. The van der Waals surface area contributed by atoms with Gasteiger partial charge in [0, 0.05) is 42.9 Å². The number of hydrogen-bond acceptors (Lipinski definition) is 4. The van der Waals surface area contributed by atoms with Gasteiger partial charge in [-0.1, -0.05) is 19.4 Å².